The topological polar surface area (TPSA) is 105 Å². The van der Waals surface area contributed by atoms with Crippen LogP contribution in [0.3, 0.4) is 0 Å². The molecule has 2 amide bonds. The lowest BCUT2D eigenvalue weighted by molar-refractivity contribution is -0.384. The Kier molecular flexibility index (Phi) is 6.61. The summed E-state index contributed by atoms with van der Waals surface area (Å²) in [4.78, 5) is 37.1. The van der Waals surface area contributed by atoms with Gasteiger partial charge in [-0.15, -0.1) is 0 Å². The Hall–Kier alpha value is -3.78. The Balaban J connectivity index is 1.70. The molecule has 0 fully saturated rings. The molecule has 0 aliphatic rings. The molecule has 3 rings (SSSR count). The van der Waals surface area contributed by atoms with Crippen LogP contribution >= 0.6 is 0 Å². The molecule has 0 spiro atoms. The van der Waals surface area contributed by atoms with Crippen LogP contribution in [0.5, 0.6) is 0 Å². The first-order valence-electron chi connectivity index (χ1n) is 9.76. The number of fused-ring (bicyclic) bond motifs is 1. The molecule has 3 aromatic carbocycles. The van der Waals surface area contributed by atoms with Crippen molar-refractivity contribution in [3.05, 3.63) is 81.9 Å². The van der Waals surface area contributed by atoms with Crippen molar-refractivity contribution >= 4 is 34.0 Å². The molecular formula is C23H24N4O4. The number of carbonyl (C=O) groups is 2. The van der Waals surface area contributed by atoms with Crippen molar-refractivity contribution < 1.29 is 14.5 Å². The second kappa shape index (κ2) is 9.36. The van der Waals surface area contributed by atoms with Gasteiger partial charge in [-0.05, 0) is 49.0 Å². The lowest BCUT2D eigenvalue weighted by atomic mass is 9.98. The predicted molar refractivity (Wildman–Crippen MR) is 120 cm³/mol. The summed E-state index contributed by atoms with van der Waals surface area (Å²) < 4.78 is 0. The highest BCUT2D eigenvalue weighted by molar-refractivity contribution is 6.39. The molecule has 0 radical (unpaired) electrons. The number of likely N-dealkylation sites (N-methyl/N-ethyl adjacent to an activating group) is 1. The van der Waals surface area contributed by atoms with Crippen molar-refractivity contribution in [2.75, 3.05) is 26.0 Å². The number of carbonyl (C=O) groups excluding carboxylic acids is 2. The summed E-state index contributed by atoms with van der Waals surface area (Å²) in [7, 11) is 3.83. The van der Waals surface area contributed by atoms with Crippen molar-refractivity contribution in [2.45, 2.75) is 13.0 Å². The zero-order valence-corrected chi connectivity index (χ0v) is 17.6. The fraction of sp³-hybridized carbons (Fsp3) is 0.217. The molecule has 0 heterocycles. The van der Waals surface area contributed by atoms with Crippen molar-refractivity contribution in [3.63, 3.8) is 0 Å². The average molecular weight is 420 g/mol. The number of hydrogen-bond donors (Lipinski definition) is 2. The van der Waals surface area contributed by atoms with Gasteiger partial charge in [0.15, 0.2) is 0 Å². The van der Waals surface area contributed by atoms with E-state index < -0.39 is 16.7 Å². The lowest BCUT2D eigenvalue weighted by Gasteiger charge is -2.26. The van der Waals surface area contributed by atoms with Crippen molar-refractivity contribution in [3.8, 4) is 0 Å². The van der Waals surface area contributed by atoms with E-state index in [4.69, 9.17) is 0 Å². The number of nitrogens with zero attached hydrogens (tertiary/aromatic N) is 2. The first-order chi connectivity index (χ1) is 14.8. The molecule has 8 heteroatoms. The van der Waals surface area contributed by atoms with Crippen LogP contribution in [0.2, 0.25) is 0 Å². The Labute approximate surface area is 180 Å². The van der Waals surface area contributed by atoms with E-state index in [1.54, 1.807) is 6.92 Å². The molecule has 1 atom stereocenters. The minimum Gasteiger partial charge on any atom is -0.346 e. The second-order valence-corrected chi connectivity index (χ2v) is 7.47. The number of benzene rings is 3. The number of aryl methyl sites for hydroxylation is 1. The SMILES string of the molecule is Cc1cc([N+](=O)[O-])ccc1NC(=O)C(=O)NCC(c1cccc2ccccc12)N(C)C. The van der Waals surface area contributed by atoms with Gasteiger partial charge in [0.2, 0.25) is 0 Å². The number of non-ortho nitro benzene ring substituents is 1. The predicted octanol–water partition coefficient (Wildman–Crippen LogP) is 3.41. The van der Waals surface area contributed by atoms with Crippen LogP contribution < -0.4 is 10.6 Å². The van der Waals surface area contributed by atoms with E-state index in [0.717, 1.165) is 16.3 Å². The standard InChI is InChI=1S/C23H24N4O4/c1-15-13-17(27(30)31)11-12-20(15)25-23(29)22(28)24-14-21(26(2)3)19-10-6-8-16-7-4-5-9-18(16)19/h4-13,21H,14H2,1-3H3,(H,24,28)(H,25,29). The number of nitrogens with one attached hydrogen (secondary N) is 2. The van der Waals surface area contributed by atoms with Crippen molar-refractivity contribution in [1.82, 2.24) is 10.2 Å². The third kappa shape index (κ3) is 5.04. The van der Waals surface area contributed by atoms with Crippen LogP contribution in [0.15, 0.2) is 60.7 Å². The van der Waals surface area contributed by atoms with Gasteiger partial charge in [0.1, 0.15) is 0 Å². The van der Waals surface area contributed by atoms with Crippen LogP contribution in [-0.2, 0) is 9.59 Å². The van der Waals surface area contributed by atoms with Crippen LogP contribution in [0.1, 0.15) is 17.2 Å². The number of amides is 2. The minimum atomic E-state index is -0.827. The van der Waals surface area contributed by atoms with E-state index in [9.17, 15) is 19.7 Å². The first-order valence-corrected chi connectivity index (χ1v) is 9.76. The fourth-order valence-corrected chi connectivity index (χ4v) is 3.46. The Morgan fingerprint density at radius 3 is 2.42 bits per heavy atom. The molecule has 3 aromatic rings. The van der Waals surface area contributed by atoms with E-state index in [-0.39, 0.29) is 18.3 Å². The highest BCUT2D eigenvalue weighted by atomic mass is 16.6. The third-order valence-electron chi connectivity index (χ3n) is 5.14. The minimum absolute atomic E-state index is 0.0798. The maximum Gasteiger partial charge on any atom is 0.313 e. The summed E-state index contributed by atoms with van der Waals surface area (Å²) >= 11 is 0. The quantitative estimate of drug-likeness (QED) is 0.361. The molecular weight excluding hydrogens is 396 g/mol. The molecule has 8 nitrogen and oxygen atoms in total. The molecule has 160 valence electrons. The molecule has 2 N–H and O–H groups in total. The van der Waals surface area contributed by atoms with Gasteiger partial charge in [-0.2, -0.15) is 0 Å². The summed E-state index contributed by atoms with van der Waals surface area (Å²) in [5.41, 5.74) is 1.82. The van der Waals surface area contributed by atoms with Gasteiger partial charge in [-0.3, -0.25) is 19.7 Å². The Bertz CT molecular complexity index is 1140. The third-order valence-corrected chi connectivity index (χ3v) is 5.14. The van der Waals surface area contributed by atoms with Crippen molar-refractivity contribution in [2.24, 2.45) is 0 Å². The summed E-state index contributed by atoms with van der Waals surface area (Å²) in [6, 6.07) is 17.9. The number of hydrogen-bond acceptors (Lipinski definition) is 5. The van der Waals surface area contributed by atoms with Gasteiger partial charge >= 0.3 is 11.8 Å². The second-order valence-electron chi connectivity index (χ2n) is 7.47. The molecule has 0 saturated carbocycles. The monoisotopic (exact) mass is 420 g/mol. The van der Waals surface area contributed by atoms with Gasteiger partial charge < -0.3 is 15.5 Å². The highest BCUT2D eigenvalue weighted by Crippen LogP contribution is 2.27. The van der Waals surface area contributed by atoms with Crippen LogP contribution in [0.4, 0.5) is 11.4 Å². The number of nitro benzene ring substituents is 1. The zero-order chi connectivity index (χ0) is 22.5. The zero-order valence-electron chi connectivity index (χ0n) is 17.6. The normalized spacial score (nSPS) is 11.9. The summed E-state index contributed by atoms with van der Waals surface area (Å²) in [5.74, 6) is -1.60. The van der Waals surface area contributed by atoms with Gasteiger partial charge in [0, 0.05) is 24.4 Å². The van der Waals surface area contributed by atoms with Crippen LogP contribution in [-0.4, -0.2) is 42.3 Å². The molecule has 0 aliphatic heterocycles. The number of rotatable bonds is 6. The maximum atomic E-state index is 12.4. The van der Waals surface area contributed by atoms with Crippen LogP contribution in [0, 0.1) is 17.0 Å². The molecule has 31 heavy (non-hydrogen) atoms. The van der Waals surface area contributed by atoms with E-state index in [1.807, 2.05) is 61.5 Å². The smallest absolute Gasteiger partial charge is 0.313 e. The molecule has 0 aliphatic carbocycles. The highest BCUT2D eigenvalue weighted by Gasteiger charge is 2.21. The summed E-state index contributed by atoms with van der Waals surface area (Å²) in [6.07, 6.45) is 0. The molecule has 1 unspecified atom stereocenters. The van der Waals surface area contributed by atoms with Gasteiger partial charge in [-0.1, -0.05) is 42.5 Å². The largest absolute Gasteiger partial charge is 0.346 e. The van der Waals surface area contributed by atoms with E-state index in [2.05, 4.69) is 10.6 Å². The molecule has 0 aromatic heterocycles. The number of nitro groups is 1. The molecule has 0 bridgehead atoms. The van der Waals surface area contributed by atoms with Gasteiger partial charge in [0.25, 0.3) is 5.69 Å². The first kappa shape index (κ1) is 21.9. The fourth-order valence-electron chi connectivity index (χ4n) is 3.46. The Morgan fingerprint density at radius 2 is 1.74 bits per heavy atom. The van der Waals surface area contributed by atoms with E-state index in [1.165, 1.54) is 18.2 Å². The summed E-state index contributed by atoms with van der Waals surface area (Å²) in [5, 5.41) is 18.2. The molecule has 0 saturated heterocycles. The van der Waals surface area contributed by atoms with E-state index >= 15 is 0 Å². The summed E-state index contributed by atoms with van der Waals surface area (Å²) in [6.45, 7) is 1.87. The van der Waals surface area contributed by atoms with Gasteiger partial charge in [-0.25, -0.2) is 0 Å². The van der Waals surface area contributed by atoms with E-state index in [0.29, 0.717) is 11.3 Å². The average Bonchev–Trinajstić information content (AvgIpc) is 2.74. The van der Waals surface area contributed by atoms with Crippen molar-refractivity contribution in [1.29, 1.82) is 0 Å². The van der Waals surface area contributed by atoms with Crippen LogP contribution in [0.25, 0.3) is 10.8 Å². The maximum absolute atomic E-state index is 12.4. The van der Waals surface area contributed by atoms with Gasteiger partial charge in [0.05, 0.1) is 11.0 Å². The lowest BCUT2D eigenvalue weighted by Crippen LogP contribution is -2.40. The number of anilines is 1. The Morgan fingerprint density at radius 1 is 1.03 bits per heavy atom.